The molecule has 0 saturated heterocycles. The van der Waals surface area contributed by atoms with E-state index in [0.29, 0.717) is 34.6 Å². The quantitative estimate of drug-likeness (QED) is 0.196. The van der Waals surface area contributed by atoms with Crippen LogP contribution >= 0.6 is 11.3 Å². The summed E-state index contributed by atoms with van der Waals surface area (Å²) in [7, 11) is 0. The number of fused-ring (bicyclic) bond motifs is 7. The number of thiophene rings is 1. The van der Waals surface area contributed by atoms with E-state index in [4.69, 9.17) is 24.4 Å². The van der Waals surface area contributed by atoms with Gasteiger partial charge in [-0.05, 0) is 48.5 Å². The Balaban J connectivity index is 1.25. The van der Waals surface area contributed by atoms with Crippen molar-refractivity contribution in [3.63, 3.8) is 0 Å². The van der Waals surface area contributed by atoms with Crippen molar-refractivity contribution in [1.29, 1.82) is 0 Å². The van der Waals surface area contributed by atoms with Gasteiger partial charge in [0.1, 0.15) is 5.52 Å². The lowest BCUT2D eigenvalue weighted by molar-refractivity contribution is 0.620. The largest absolute Gasteiger partial charge is 0.436 e. The second-order valence-electron chi connectivity index (χ2n) is 11.5. The molecule has 0 spiro atoms. The van der Waals surface area contributed by atoms with Crippen LogP contribution in [-0.2, 0) is 0 Å². The molecule has 47 heavy (non-hydrogen) atoms. The third-order valence-corrected chi connectivity index (χ3v) is 9.85. The minimum absolute atomic E-state index is 0.529. The molecule has 0 saturated carbocycles. The summed E-state index contributed by atoms with van der Waals surface area (Å²) in [5.41, 5.74) is 6.05. The Morgan fingerprint density at radius 1 is 0.489 bits per heavy atom. The second-order valence-corrected chi connectivity index (χ2v) is 12.6. The van der Waals surface area contributed by atoms with Crippen LogP contribution in [0.3, 0.4) is 0 Å². The van der Waals surface area contributed by atoms with Crippen LogP contribution in [-0.4, -0.2) is 24.5 Å². The van der Waals surface area contributed by atoms with Crippen LogP contribution in [0.15, 0.2) is 144 Å². The van der Waals surface area contributed by atoms with Gasteiger partial charge >= 0.3 is 0 Å². The van der Waals surface area contributed by atoms with E-state index < -0.39 is 0 Å². The summed E-state index contributed by atoms with van der Waals surface area (Å²) in [5, 5.41) is 4.77. The summed E-state index contributed by atoms with van der Waals surface area (Å²) in [5.74, 6) is 2.22. The van der Waals surface area contributed by atoms with Gasteiger partial charge in [0.15, 0.2) is 17.2 Å². The number of aromatic nitrogens is 5. The zero-order valence-corrected chi connectivity index (χ0v) is 25.6. The molecule has 0 aliphatic rings. The Kier molecular flexibility index (Phi) is 5.64. The number of nitrogens with zero attached hydrogens (tertiary/aromatic N) is 5. The highest BCUT2D eigenvalue weighted by Crippen LogP contribution is 2.38. The zero-order valence-electron chi connectivity index (χ0n) is 24.8. The molecular weight excluding hydrogens is 599 g/mol. The summed E-state index contributed by atoms with van der Waals surface area (Å²) in [4.78, 5) is 20.4. The molecule has 10 rings (SSSR count). The number of hydrogen-bond acceptors (Lipinski definition) is 6. The first-order chi connectivity index (χ1) is 23.3. The third kappa shape index (κ3) is 4.10. The maximum atomic E-state index is 6.24. The van der Waals surface area contributed by atoms with E-state index in [1.165, 1.54) is 20.2 Å². The fourth-order valence-corrected chi connectivity index (χ4v) is 7.70. The van der Waals surface area contributed by atoms with Crippen molar-refractivity contribution in [1.82, 2.24) is 24.5 Å². The molecule has 7 heteroatoms. The molecule has 4 aromatic heterocycles. The smallest absolute Gasteiger partial charge is 0.238 e. The molecule has 0 aliphatic carbocycles. The second kappa shape index (κ2) is 10.2. The molecule has 4 heterocycles. The fraction of sp³-hybridized carbons (Fsp3) is 0. The van der Waals surface area contributed by atoms with Gasteiger partial charge < -0.3 is 4.42 Å². The number of hydrogen-bond donors (Lipinski definition) is 0. The van der Waals surface area contributed by atoms with E-state index in [-0.39, 0.29) is 0 Å². The molecule has 0 unspecified atom stereocenters. The normalized spacial score (nSPS) is 11.8. The Morgan fingerprint density at radius 3 is 1.98 bits per heavy atom. The van der Waals surface area contributed by atoms with Gasteiger partial charge in [0.2, 0.25) is 11.8 Å². The van der Waals surface area contributed by atoms with Gasteiger partial charge in [0.25, 0.3) is 0 Å². The highest BCUT2D eigenvalue weighted by atomic mass is 32.1. The SMILES string of the molecule is c1ccc(-c2nc3c(-c4nc(-c5ccc6c(c5)sc5ccccc56)nc(-n5c6ccccc6c6ccccc65)n4)cccc3o2)cc1. The first-order valence-electron chi connectivity index (χ1n) is 15.4. The molecular formula is C40H23N5OS. The lowest BCUT2D eigenvalue weighted by Gasteiger charge is -2.11. The predicted molar refractivity (Wildman–Crippen MR) is 191 cm³/mol. The van der Waals surface area contributed by atoms with E-state index in [1.54, 1.807) is 11.3 Å². The van der Waals surface area contributed by atoms with Gasteiger partial charge in [-0.25, -0.2) is 9.97 Å². The summed E-state index contributed by atoms with van der Waals surface area (Å²) >= 11 is 1.78. The van der Waals surface area contributed by atoms with Crippen LogP contribution in [0.25, 0.3) is 93.3 Å². The maximum Gasteiger partial charge on any atom is 0.238 e. The van der Waals surface area contributed by atoms with Crippen molar-refractivity contribution in [3.8, 4) is 40.2 Å². The lowest BCUT2D eigenvalue weighted by Crippen LogP contribution is -2.06. The molecule has 0 radical (unpaired) electrons. The zero-order chi connectivity index (χ0) is 30.9. The van der Waals surface area contributed by atoms with Crippen molar-refractivity contribution < 1.29 is 4.42 Å². The summed E-state index contributed by atoms with van der Waals surface area (Å²) in [6.07, 6.45) is 0. The molecule has 0 aliphatic heterocycles. The molecule has 6 aromatic carbocycles. The Morgan fingerprint density at radius 2 is 1.17 bits per heavy atom. The van der Waals surface area contributed by atoms with Crippen LogP contribution < -0.4 is 0 Å². The summed E-state index contributed by atoms with van der Waals surface area (Å²) < 4.78 is 10.8. The van der Waals surface area contributed by atoms with Crippen LogP contribution in [0.2, 0.25) is 0 Å². The minimum Gasteiger partial charge on any atom is -0.436 e. The molecule has 0 bridgehead atoms. The average molecular weight is 622 g/mol. The Labute approximate surface area is 272 Å². The van der Waals surface area contributed by atoms with Crippen LogP contribution in [0.4, 0.5) is 0 Å². The minimum atomic E-state index is 0.529. The number of rotatable bonds is 4. The molecule has 0 fully saturated rings. The van der Waals surface area contributed by atoms with Crippen LogP contribution in [0.5, 0.6) is 0 Å². The Bertz CT molecular complexity index is 2760. The van der Waals surface area contributed by atoms with Gasteiger partial charge in [-0.15, -0.1) is 11.3 Å². The lowest BCUT2D eigenvalue weighted by atomic mass is 10.1. The Hall–Kier alpha value is -6.18. The van der Waals surface area contributed by atoms with Crippen LogP contribution in [0.1, 0.15) is 0 Å². The standard InChI is InChI=1S/C40H23N5OS/c1-2-11-24(12-3-1)39-41-36-30(16-10-19-33(36)46-39)38-42-37(25-21-22-29-28-15-6-9-20-34(28)47-35(29)23-25)43-40(44-38)45-31-17-7-4-13-26(31)27-14-5-8-18-32(27)45/h1-23H. The van der Waals surface area contributed by atoms with Crippen molar-refractivity contribution >= 4 is 64.4 Å². The third-order valence-electron chi connectivity index (χ3n) is 8.72. The van der Waals surface area contributed by atoms with E-state index >= 15 is 0 Å². The van der Waals surface area contributed by atoms with E-state index in [9.17, 15) is 0 Å². The van der Waals surface area contributed by atoms with Crippen molar-refractivity contribution in [3.05, 3.63) is 140 Å². The molecule has 10 aromatic rings. The molecule has 6 nitrogen and oxygen atoms in total. The maximum absolute atomic E-state index is 6.24. The van der Waals surface area contributed by atoms with Gasteiger partial charge in [-0.2, -0.15) is 9.97 Å². The van der Waals surface area contributed by atoms with Gasteiger partial charge in [-0.3, -0.25) is 4.57 Å². The first-order valence-corrected chi connectivity index (χ1v) is 16.2. The topological polar surface area (TPSA) is 69.6 Å². The molecule has 0 N–H and O–H groups in total. The van der Waals surface area contributed by atoms with E-state index in [1.807, 2.05) is 48.5 Å². The van der Waals surface area contributed by atoms with Gasteiger partial charge in [-0.1, -0.05) is 91.0 Å². The number of oxazole rings is 1. The average Bonchev–Trinajstić information content (AvgIpc) is 3.83. The van der Waals surface area contributed by atoms with Crippen molar-refractivity contribution in [2.45, 2.75) is 0 Å². The van der Waals surface area contributed by atoms with Crippen molar-refractivity contribution in [2.75, 3.05) is 0 Å². The van der Waals surface area contributed by atoms with Crippen LogP contribution in [0, 0.1) is 0 Å². The monoisotopic (exact) mass is 621 g/mol. The predicted octanol–water partition coefficient (Wildman–Crippen LogP) is 10.5. The first kappa shape index (κ1) is 26.1. The van der Waals surface area contributed by atoms with E-state index in [0.717, 1.165) is 38.5 Å². The summed E-state index contributed by atoms with van der Waals surface area (Å²) in [6.45, 7) is 0. The molecule has 220 valence electrons. The highest BCUT2D eigenvalue weighted by molar-refractivity contribution is 7.25. The molecule has 0 amide bonds. The van der Waals surface area contributed by atoms with Gasteiger partial charge in [0, 0.05) is 47.6 Å². The van der Waals surface area contributed by atoms with Gasteiger partial charge in [0.05, 0.1) is 11.0 Å². The highest BCUT2D eigenvalue weighted by Gasteiger charge is 2.20. The summed E-state index contributed by atoms with van der Waals surface area (Å²) in [6, 6.07) is 47.6. The van der Waals surface area contributed by atoms with Crippen molar-refractivity contribution in [2.24, 2.45) is 0 Å². The number of benzene rings is 6. The fourth-order valence-electron chi connectivity index (χ4n) is 6.55. The number of para-hydroxylation sites is 3. The molecule has 0 atom stereocenters. The van der Waals surface area contributed by atoms with E-state index in [2.05, 4.69) is 95.6 Å².